The molecule has 0 amide bonds. The van der Waals surface area contributed by atoms with Crippen LogP contribution in [0.3, 0.4) is 0 Å². The molecule has 0 radical (unpaired) electrons. The smallest absolute Gasteiger partial charge is 0.164 e. The summed E-state index contributed by atoms with van der Waals surface area (Å²) >= 11 is 1.87. The molecule has 0 saturated carbocycles. The van der Waals surface area contributed by atoms with Crippen molar-refractivity contribution in [3.63, 3.8) is 0 Å². The number of hydrogen-bond donors (Lipinski definition) is 0. The summed E-state index contributed by atoms with van der Waals surface area (Å²) in [4.78, 5) is 15.7. The largest absolute Gasteiger partial charge is 0.309 e. The van der Waals surface area contributed by atoms with Gasteiger partial charge in [-0.1, -0.05) is 121 Å². The molecule has 12 rings (SSSR count). The van der Waals surface area contributed by atoms with Crippen LogP contribution in [0.25, 0.3) is 115 Å². The zero-order chi connectivity index (χ0) is 35.3. The van der Waals surface area contributed by atoms with Gasteiger partial charge in [-0.25, -0.2) is 15.0 Å². The highest BCUT2D eigenvalue weighted by Crippen LogP contribution is 2.52. The third kappa shape index (κ3) is 4.21. The molecule has 0 unspecified atom stereocenters. The Bertz CT molecular complexity index is 3320. The van der Waals surface area contributed by atoms with E-state index in [1.165, 1.54) is 53.2 Å². The first-order chi connectivity index (χ1) is 26.8. The van der Waals surface area contributed by atoms with Crippen LogP contribution in [0.5, 0.6) is 0 Å². The second kappa shape index (κ2) is 11.3. The van der Waals surface area contributed by atoms with Crippen molar-refractivity contribution in [2.75, 3.05) is 0 Å². The van der Waals surface area contributed by atoms with Gasteiger partial charge in [-0.3, -0.25) is 0 Å². The number of rotatable bonds is 4. The Hall–Kier alpha value is -6.95. The van der Waals surface area contributed by atoms with E-state index < -0.39 is 0 Å². The number of hydrogen-bond acceptors (Lipinski definition) is 4. The lowest BCUT2D eigenvalue weighted by Crippen LogP contribution is -2.00. The molecule has 0 N–H and O–H groups in total. The van der Waals surface area contributed by atoms with Crippen LogP contribution < -0.4 is 0 Å². The molecule has 0 bridgehead atoms. The Morgan fingerprint density at radius 1 is 0.370 bits per heavy atom. The van der Waals surface area contributed by atoms with Gasteiger partial charge in [-0.15, -0.1) is 11.3 Å². The number of benzene rings is 8. The molecule has 1 aliphatic carbocycles. The summed E-state index contributed by atoms with van der Waals surface area (Å²) < 4.78 is 4.90. The molecule has 0 spiro atoms. The van der Waals surface area contributed by atoms with E-state index in [4.69, 9.17) is 15.0 Å². The van der Waals surface area contributed by atoms with E-state index in [9.17, 15) is 0 Å². The first-order valence-corrected chi connectivity index (χ1v) is 19.0. The number of nitrogens with zero attached hydrogens (tertiary/aromatic N) is 4. The SMILES string of the molecule is c1ccc(-c2nc(-c3ccc4sc5c6cccc7c6c(cc5c4c3)-c3ccccc3-7)nc(-c3cccc4c3c3ccccc3n4-c3ccccc3)n2)cc1. The molecule has 0 fully saturated rings. The van der Waals surface area contributed by atoms with Gasteiger partial charge in [0.15, 0.2) is 17.5 Å². The van der Waals surface area contributed by atoms with Gasteiger partial charge in [0.2, 0.25) is 0 Å². The van der Waals surface area contributed by atoms with Crippen LogP contribution >= 0.6 is 11.3 Å². The van der Waals surface area contributed by atoms with Gasteiger partial charge in [0.05, 0.1) is 11.0 Å². The van der Waals surface area contributed by atoms with Gasteiger partial charge in [-0.05, 0) is 76.2 Å². The maximum atomic E-state index is 5.30. The third-order valence-electron chi connectivity index (χ3n) is 11.0. The summed E-state index contributed by atoms with van der Waals surface area (Å²) in [6.07, 6.45) is 0. The second-order valence-electron chi connectivity index (χ2n) is 13.9. The maximum absolute atomic E-state index is 5.30. The van der Waals surface area contributed by atoms with Crippen molar-refractivity contribution in [3.05, 3.63) is 170 Å². The minimum absolute atomic E-state index is 0.651. The van der Waals surface area contributed by atoms with Crippen molar-refractivity contribution >= 4 is 64.1 Å². The standard InChI is InChI=1S/C49H28N4S/c1-3-13-29(14-4-1)47-50-48(52-49(51-47)37-22-12-24-42-45(37)35-19-9-10-23-41(35)53(42)31-15-5-2-6-16-31)30-25-26-43-38(27-30)40-28-39-33-18-8-7-17-32(33)34-20-11-21-36(44(34)39)46(40)54-43/h1-28H. The molecule has 250 valence electrons. The zero-order valence-electron chi connectivity index (χ0n) is 28.9. The number of thiophene rings is 1. The normalized spacial score (nSPS) is 12.1. The quantitative estimate of drug-likeness (QED) is 0.183. The van der Waals surface area contributed by atoms with Crippen molar-refractivity contribution in [2.45, 2.75) is 0 Å². The number of para-hydroxylation sites is 2. The Labute approximate surface area is 314 Å². The minimum Gasteiger partial charge on any atom is -0.309 e. The van der Waals surface area contributed by atoms with Gasteiger partial charge in [0, 0.05) is 58.7 Å². The number of fused-ring (bicyclic) bond motifs is 10. The van der Waals surface area contributed by atoms with E-state index in [1.807, 2.05) is 29.5 Å². The minimum atomic E-state index is 0.651. The summed E-state index contributed by atoms with van der Waals surface area (Å²) in [5.74, 6) is 1.96. The van der Waals surface area contributed by atoms with Crippen LogP contribution in [0.2, 0.25) is 0 Å². The molecule has 8 aromatic carbocycles. The zero-order valence-corrected chi connectivity index (χ0v) is 29.7. The van der Waals surface area contributed by atoms with Crippen LogP contribution in [-0.4, -0.2) is 19.5 Å². The monoisotopic (exact) mass is 704 g/mol. The fourth-order valence-electron chi connectivity index (χ4n) is 8.64. The summed E-state index contributed by atoms with van der Waals surface area (Å²) in [7, 11) is 0. The van der Waals surface area contributed by atoms with Crippen LogP contribution in [0, 0.1) is 0 Å². The summed E-state index contributed by atoms with van der Waals surface area (Å²) in [6, 6.07) is 60.5. The van der Waals surface area contributed by atoms with E-state index >= 15 is 0 Å². The average molecular weight is 705 g/mol. The fourth-order valence-corrected chi connectivity index (χ4v) is 9.83. The van der Waals surface area contributed by atoms with Crippen molar-refractivity contribution in [1.82, 2.24) is 19.5 Å². The van der Waals surface area contributed by atoms with Crippen LogP contribution in [-0.2, 0) is 0 Å². The Kier molecular flexibility index (Phi) is 6.18. The van der Waals surface area contributed by atoms with Gasteiger partial charge in [-0.2, -0.15) is 0 Å². The molecule has 0 aliphatic heterocycles. The Balaban J connectivity index is 1.10. The Morgan fingerprint density at radius 3 is 1.85 bits per heavy atom. The van der Waals surface area contributed by atoms with E-state index in [0.29, 0.717) is 17.5 Å². The molecule has 4 nitrogen and oxygen atoms in total. The van der Waals surface area contributed by atoms with E-state index in [0.717, 1.165) is 44.2 Å². The van der Waals surface area contributed by atoms with E-state index in [-0.39, 0.29) is 0 Å². The average Bonchev–Trinajstić information content (AvgIpc) is 3.90. The van der Waals surface area contributed by atoms with E-state index in [2.05, 4.69) is 156 Å². The highest BCUT2D eigenvalue weighted by atomic mass is 32.1. The van der Waals surface area contributed by atoms with Crippen LogP contribution in [0.4, 0.5) is 0 Å². The molecule has 3 heterocycles. The third-order valence-corrected chi connectivity index (χ3v) is 12.2. The topological polar surface area (TPSA) is 43.6 Å². The summed E-state index contributed by atoms with van der Waals surface area (Å²) in [5.41, 5.74) is 11.5. The highest BCUT2D eigenvalue weighted by molar-refractivity contribution is 7.26. The predicted octanol–water partition coefficient (Wildman–Crippen LogP) is 13.1. The van der Waals surface area contributed by atoms with Crippen molar-refractivity contribution in [2.24, 2.45) is 0 Å². The second-order valence-corrected chi connectivity index (χ2v) is 15.0. The lowest BCUT2D eigenvalue weighted by atomic mass is 9.99. The molecule has 3 aromatic heterocycles. The fraction of sp³-hybridized carbons (Fsp3) is 0. The van der Waals surface area contributed by atoms with Crippen LogP contribution in [0.15, 0.2) is 170 Å². The lowest BCUT2D eigenvalue weighted by Gasteiger charge is -2.10. The van der Waals surface area contributed by atoms with Crippen LogP contribution in [0.1, 0.15) is 0 Å². The first-order valence-electron chi connectivity index (χ1n) is 18.2. The number of aromatic nitrogens is 4. The van der Waals surface area contributed by atoms with Gasteiger partial charge < -0.3 is 4.57 Å². The van der Waals surface area contributed by atoms with E-state index in [1.54, 1.807) is 0 Å². The van der Waals surface area contributed by atoms with Gasteiger partial charge in [0.1, 0.15) is 0 Å². The highest BCUT2D eigenvalue weighted by Gasteiger charge is 2.24. The molecule has 11 aromatic rings. The lowest BCUT2D eigenvalue weighted by molar-refractivity contribution is 1.08. The Morgan fingerprint density at radius 2 is 1.00 bits per heavy atom. The molecule has 0 saturated heterocycles. The molecule has 5 heteroatoms. The molecule has 1 aliphatic rings. The molecule has 0 atom stereocenters. The predicted molar refractivity (Wildman–Crippen MR) is 225 cm³/mol. The summed E-state index contributed by atoms with van der Waals surface area (Å²) in [5, 5.41) is 7.44. The maximum Gasteiger partial charge on any atom is 0.164 e. The summed E-state index contributed by atoms with van der Waals surface area (Å²) in [6.45, 7) is 0. The first kappa shape index (κ1) is 29.6. The molecular formula is C49H28N4S. The van der Waals surface area contributed by atoms with Gasteiger partial charge in [0.25, 0.3) is 0 Å². The van der Waals surface area contributed by atoms with Crippen molar-refractivity contribution < 1.29 is 0 Å². The molecule has 54 heavy (non-hydrogen) atoms. The molecular weight excluding hydrogens is 677 g/mol. The van der Waals surface area contributed by atoms with Crippen molar-refractivity contribution in [3.8, 4) is 62.1 Å². The van der Waals surface area contributed by atoms with Gasteiger partial charge >= 0.3 is 0 Å². The van der Waals surface area contributed by atoms with Crippen molar-refractivity contribution in [1.29, 1.82) is 0 Å².